The fourth-order valence-electron chi connectivity index (χ4n) is 7.59. The van der Waals surface area contributed by atoms with Gasteiger partial charge < -0.3 is 74.5 Å². The molecule has 3 aromatic carbocycles. The zero-order valence-corrected chi connectivity index (χ0v) is 46.1. The van der Waals surface area contributed by atoms with Crippen molar-refractivity contribution in [1.82, 2.24) is 36.8 Å². The Morgan fingerprint density at radius 1 is 0.578 bits per heavy atom. The molecule has 0 saturated carbocycles. The van der Waals surface area contributed by atoms with Crippen molar-refractivity contribution in [3.05, 3.63) is 101 Å². The maximum Gasteiger partial charge on any atom is 0.404 e. The third-order valence-electron chi connectivity index (χ3n) is 11.9. The Kier molecular flexibility index (Phi) is 25.2. The molecule has 1 heterocycles. The van der Waals surface area contributed by atoms with Crippen molar-refractivity contribution in [3.8, 4) is 11.8 Å². The summed E-state index contributed by atoms with van der Waals surface area (Å²) in [5.41, 5.74) is 16.4. The van der Waals surface area contributed by atoms with E-state index in [0.717, 1.165) is 23.1 Å². The molecule has 15 N–H and O–H groups in total. The number of primary amides is 3. The number of amides is 14. The standard InChI is InChI=1S/C55H67N13O15/c1-30(2)45(51(77)64-40(9-6-7-22-59-53(56)79)49(75)62-38-17-13-34(14-18-38)29-83-55(58)81)66-47(73)35-25-36(27-39(26-35)61-42(70)21-24-68-43(71)19-20-44(68)72)48(74)67-46(31(3)4)52(78)65-41(10-8-23-60-54(57)80)50(76)63-37-15-11-33(12-16-37)28-82-32(5)69/h11-20,25-27,30-31,40-41,45-46H,7-8,10,21-24,28-29H2,1-5H3,(H2,58,81)(H,61,70)(H,62,75)(H,63,76)(H,64,77)(H,65,78)(H,66,73)(H,67,74)(H3,56,59,79)(H3,57,60,80)/t40?,41?,45-,46-/m0/s1. The lowest BCUT2D eigenvalue weighted by Gasteiger charge is -2.26. The zero-order valence-electron chi connectivity index (χ0n) is 46.1. The monoisotopic (exact) mass is 1150 g/mol. The van der Waals surface area contributed by atoms with Crippen LogP contribution in [-0.4, -0.2) is 126 Å². The number of carbonyl (C=O) groups excluding carboxylic acids is 13. The number of urea groups is 2. The molecule has 83 heavy (non-hydrogen) atoms. The molecule has 0 fully saturated rings. The number of esters is 1. The number of rotatable bonds is 28. The van der Waals surface area contributed by atoms with E-state index in [-0.39, 0.29) is 74.6 Å². The van der Waals surface area contributed by atoms with Crippen LogP contribution in [0.4, 0.5) is 31.4 Å². The maximum absolute atomic E-state index is 14.3. The van der Waals surface area contributed by atoms with Crippen LogP contribution in [0.2, 0.25) is 0 Å². The van der Waals surface area contributed by atoms with Crippen molar-refractivity contribution >= 4 is 94.4 Å². The molecule has 28 nitrogen and oxygen atoms in total. The molecule has 28 heteroatoms. The molecule has 1 aliphatic rings. The molecule has 0 saturated heterocycles. The fourth-order valence-corrected chi connectivity index (χ4v) is 7.59. The summed E-state index contributed by atoms with van der Waals surface area (Å²) < 4.78 is 9.79. The maximum atomic E-state index is 14.3. The second-order valence-electron chi connectivity index (χ2n) is 19.2. The van der Waals surface area contributed by atoms with Gasteiger partial charge >= 0.3 is 24.1 Å². The topological polar surface area (TPSA) is 430 Å². The van der Waals surface area contributed by atoms with E-state index in [1.54, 1.807) is 64.1 Å². The van der Waals surface area contributed by atoms with Crippen LogP contribution < -0.4 is 65.1 Å². The smallest absolute Gasteiger partial charge is 0.404 e. The summed E-state index contributed by atoms with van der Waals surface area (Å²) in [6, 6.07) is 8.69. The largest absolute Gasteiger partial charge is 0.461 e. The highest BCUT2D eigenvalue weighted by atomic mass is 16.5. The number of imide groups is 1. The van der Waals surface area contributed by atoms with Gasteiger partial charge in [0.05, 0.1) is 0 Å². The van der Waals surface area contributed by atoms with E-state index in [4.69, 9.17) is 26.7 Å². The van der Waals surface area contributed by atoms with Crippen LogP contribution in [0, 0.1) is 23.7 Å². The minimum Gasteiger partial charge on any atom is -0.461 e. The van der Waals surface area contributed by atoms with Crippen LogP contribution in [0.3, 0.4) is 0 Å². The first kappa shape index (κ1) is 65.2. The van der Waals surface area contributed by atoms with E-state index in [1.165, 1.54) is 31.2 Å². The Balaban J connectivity index is 1.63. The molecule has 3 aromatic rings. The van der Waals surface area contributed by atoms with Gasteiger partial charge in [0.25, 0.3) is 29.5 Å². The van der Waals surface area contributed by atoms with Gasteiger partial charge in [0.1, 0.15) is 31.3 Å². The van der Waals surface area contributed by atoms with E-state index in [1.807, 2.05) is 0 Å². The first-order valence-corrected chi connectivity index (χ1v) is 25.9. The fraction of sp³-hybridized carbons (Fsp3) is 0.364. The van der Waals surface area contributed by atoms with Crippen LogP contribution in [0.15, 0.2) is 78.9 Å². The Bertz CT molecular complexity index is 3010. The second kappa shape index (κ2) is 32.1. The third kappa shape index (κ3) is 22.4. The number of nitrogens with one attached hydrogen (secondary N) is 9. The molecule has 2 unspecified atom stereocenters. The highest BCUT2D eigenvalue weighted by molar-refractivity contribution is 6.13. The van der Waals surface area contributed by atoms with Crippen molar-refractivity contribution in [2.75, 3.05) is 35.6 Å². The van der Waals surface area contributed by atoms with E-state index in [9.17, 15) is 62.3 Å². The van der Waals surface area contributed by atoms with Gasteiger partial charge in [0.2, 0.25) is 23.6 Å². The summed E-state index contributed by atoms with van der Waals surface area (Å²) in [5, 5.41) is 23.1. The lowest BCUT2D eigenvalue weighted by molar-refractivity contribution is -0.142. The van der Waals surface area contributed by atoms with Crippen LogP contribution in [0.1, 0.15) is 92.1 Å². The van der Waals surface area contributed by atoms with Crippen molar-refractivity contribution in [2.24, 2.45) is 29.0 Å². The summed E-state index contributed by atoms with van der Waals surface area (Å²) in [5.74, 6) is -3.61. The van der Waals surface area contributed by atoms with E-state index in [0.29, 0.717) is 16.8 Å². The molecule has 1 aliphatic heterocycles. The highest BCUT2D eigenvalue weighted by Crippen LogP contribution is 2.20. The highest BCUT2D eigenvalue weighted by Gasteiger charge is 2.32. The predicted molar refractivity (Wildman–Crippen MR) is 298 cm³/mol. The van der Waals surface area contributed by atoms with Gasteiger partial charge in [-0.2, -0.15) is 0 Å². The molecule has 0 bridgehead atoms. The van der Waals surface area contributed by atoms with Gasteiger partial charge in [-0.1, -0.05) is 63.8 Å². The quantitative estimate of drug-likeness (QED) is 0.0208. The number of nitrogens with two attached hydrogens (primary N) is 3. The Labute approximate surface area is 476 Å². The summed E-state index contributed by atoms with van der Waals surface area (Å²) in [6.07, 6.45) is 0.845. The summed E-state index contributed by atoms with van der Waals surface area (Å²) in [4.78, 5) is 168. The number of hydrogen-bond acceptors (Lipinski definition) is 15. The second-order valence-corrected chi connectivity index (χ2v) is 19.2. The van der Waals surface area contributed by atoms with Crippen molar-refractivity contribution in [1.29, 1.82) is 0 Å². The third-order valence-corrected chi connectivity index (χ3v) is 11.9. The number of hydrogen-bond donors (Lipinski definition) is 12. The lowest BCUT2D eigenvalue weighted by Crippen LogP contribution is -2.54. The SMILES string of the molecule is CC(=O)OCc1ccc(NC(=O)C(CCCNC(N)=O)NC(=O)[C@@H](NC(=O)c2cc(NC(=O)CCN3C(=O)C=CC3=O)cc(C(=O)N[C@H](C(=O)NC(C#CCCNC(N)=O)C(=O)Nc3ccc(COC(N)=O)cc3)C(C)C)c2)C(C)C)cc1. The number of ether oxygens (including phenoxy) is 2. The van der Waals surface area contributed by atoms with Gasteiger partial charge in [0, 0.05) is 79.7 Å². The molecule has 0 aliphatic carbocycles. The van der Waals surface area contributed by atoms with Gasteiger partial charge in [0.15, 0.2) is 6.04 Å². The molecule has 4 atom stereocenters. The molecule has 4 rings (SSSR count). The van der Waals surface area contributed by atoms with Crippen LogP contribution >= 0.6 is 0 Å². The van der Waals surface area contributed by atoms with E-state index < -0.39 is 120 Å². The van der Waals surface area contributed by atoms with Gasteiger partial charge in [-0.25, -0.2) is 14.4 Å². The summed E-state index contributed by atoms with van der Waals surface area (Å²) in [7, 11) is 0. The first-order valence-electron chi connectivity index (χ1n) is 25.9. The van der Waals surface area contributed by atoms with Crippen molar-refractivity contribution in [3.63, 3.8) is 0 Å². The number of carbonyl (C=O) groups is 13. The summed E-state index contributed by atoms with van der Waals surface area (Å²) >= 11 is 0. The number of nitrogens with zero attached hydrogens (tertiary/aromatic N) is 1. The Hall–Kier alpha value is -10.3. The van der Waals surface area contributed by atoms with Crippen LogP contribution in [-0.2, 0) is 61.0 Å². The molecule has 442 valence electrons. The minimum atomic E-state index is -1.56. The average Bonchev–Trinajstić information content (AvgIpc) is 3.90. The molecular weight excluding hydrogens is 1080 g/mol. The van der Waals surface area contributed by atoms with E-state index >= 15 is 0 Å². The lowest BCUT2D eigenvalue weighted by atomic mass is 10.00. The van der Waals surface area contributed by atoms with Crippen LogP contribution in [0.25, 0.3) is 0 Å². The molecule has 14 amide bonds. The number of benzene rings is 3. The van der Waals surface area contributed by atoms with Gasteiger partial charge in [-0.15, -0.1) is 0 Å². The Morgan fingerprint density at radius 3 is 1.57 bits per heavy atom. The Morgan fingerprint density at radius 2 is 1.07 bits per heavy atom. The normalized spacial score (nSPS) is 12.9. The summed E-state index contributed by atoms with van der Waals surface area (Å²) in [6.45, 7) is 7.22. The van der Waals surface area contributed by atoms with Crippen molar-refractivity contribution < 1.29 is 71.8 Å². The first-order chi connectivity index (χ1) is 39.3. The zero-order chi connectivity index (χ0) is 61.3. The van der Waals surface area contributed by atoms with Gasteiger partial charge in [-0.05, 0) is 78.3 Å². The molecule has 0 aromatic heterocycles. The average molecular weight is 1150 g/mol. The van der Waals surface area contributed by atoms with Gasteiger partial charge in [-0.3, -0.25) is 52.8 Å². The minimum absolute atomic E-state index is 0.00189. The van der Waals surface area contributed by atoms with Crippen molar-refractivity contribution in [2.45, 2.75) is 97.7 Å². The molecule has 0 radical (unpaired) electrons. The molecular formula is C55H67N13O15. The van der Waals surface area contributed by atoms with Crippen LogP contribution in [0.5, 0.6) is 0 Å². The predicted octanol–water partition coefficient (Wildman–Crippen LogP) is 0.865. The molecule has 0 spiro atoms. The van der Waals surface area contributed by atoms with E-state index in [2.05, 4.69) is 59.7 Å². The number of anilines is 3.